The van der Waals surface area contributed by atoms with E-state index < -0.39 is 7.92 Å². The lowest BCUT2D eigenvalue weighted by Gasteiger charge is -2.23. The van der Waals surface area contributed by atoms with Gasteiger partial charge in [0.25, 0.3) is 0 Å². The third-order valence-corrected chi connectivity index (χ3v) is 7.52. The Hall–Kier alpha value is -2.44. The molecule has 0 aliphatic rings. The van der Waals surface area contributed by atoms with Crippen molar-refractivity contribution in [2.75, 3.05) is 7.11 Å². The van der Waals surface area contributed by atoms with Crippen LogP contribution in [-0.4, -0.2) is 13.1 Å². The van der Waals surface area contributed by atoms with E-state index in [0.717, 1.165) is 18.4 Å². The molecule has 3 rings (SSSR count). The standard InChI is InChI=1S/C26H29O2P/c1-20(2)14-15-21-16-17-22(19-26(27)28-3)25(18-21)29(23-10-6-4-7-11-23)24-12-8-5-9-13-24/h4-13,16-18,20H,14-15,19H2,1-3H3. The summed E-state index contributed by atoms with van der Waals surface area (Å²) in [7, 11) is 0.702. The number of hydrogen-bond acceptors (Lipinski definition) is 2. The van der Waals surface area contributed by atoms with E-state index in [0.29, 0.717) is 12.3 Å². The van der Waals surface area contributed by atoms with Gasteiger partial charge in [-0.05, 0) is 53.7 Å². The lowest BCUT2D eigenvalue weighted by molar-refractivity contribution is -0.139. The van der Waals surface area contributed by atoms with Gasteiger partial charge in [0.05, 0.1) is 13.5 Å². The van der Waals surface area contributed by atoms with Gasteiger partial charge in [0.1, 0.15) is 0 Å². The Morgan fingerprint density at radius 3 is 2.00 bits per heavy atom. The number of carbonyl (C=O) groups is 1. The first-order valence-corrected chi connectivity index (χ1v) is 11.5. The third kappa shape index (κ3) is 5.78. The molecule has 0 amide bonds. The summed E-state index contributed by atoms with van der Waals surface area (Å²) in [5.74, 6) is 0.468. The summed E-state index contributed by atoms with van der Waals surface area (Å²) in [6, 6.07) is 27.9. The van der Waals surface area contributed by atoms with Gasteiger partial charge in [-0.1, -0.05) is 92.7 Å². The van der Waals surface area contributed by atoms with Gasteiger partial charge in [-0.15, -0.1) is 0 Å². The molecule has 0 saturated carbocycles. The van der Waals surface area contributed by atoms with Gasteiger partial charge in [-0.3, -0.25) is 4.79 Å². The molecule has 0 aliphatic heterocycles. The highest BCUT2D eigenvalue weighted by Crippen LogP contribution is 2.35. The van der Waals surface area contributed by atoms with E-state index in [1.165, 1.54) is 28.6 Å². The first-order valence-electron chi connectivity index (χ1n) is 10.2. The number of aryl methyl sites for hydroxylation is 1. The number of ether oxygens (including phenoxy) is 1. The number of benzene rings is 3. The average Bonchev–Trinajstić information content (AvgIpc) is 2.75. The van der Waals surface area contributed by atoms with Crippen LogP contribution in [0, 0.1) is 5.92 Å². The molecule has 0 fully saturated rings. The monoisotopic (exact) mass is 404 g/mol. The molecule has 3 aromatic carbocycles. The Labute approximate surface area is 175 Å². The van der Waals surface area contributed by atoms with Crippen molar-refractivity contribution in [2.45, 2.75) is 33.1 Å². The molecular weight excluding hydrogens is 375 g/mol. The Balaban J connectivity index is 2.12. The Kier molecular flexibility index (Phi) is 7.61. The van der Waals surface area contributed by atoms with Crippen LogP contribution >= 0.6 is 7.92 Å². The molecule has 0 unspecified atom stereocenters. The minimum absolute atomic E-state index is 0.197. The van der Waals surface area contributed by atoms with E-state index in [4.69, 9.17) is 4.74 Å². The van der Waals surface area contributed by atoms with Crippen LogP contribution in [0.4, 0.5) is 0 Å². The maximum Gasteiger partial charge on any atom is 0.310 e. The molecule has 3 aromatic rings. The lowest BCUT2D eigenvalue weighted by atomic mass is 10.0. The summed E-state index contributed by atoms with van der Waals surface area (Å²) in [6.45, 7) is 4.51. The summed E-state index contributed by atoms with van der Waals surface area (Å²) in [5, 5.41) is 3.84. The Morgan fingerprint density at radius 1 is 0.897 bits per heavy atom. The maximum atomic E-state index is 12.1. The van der Waals surface area contributed by atoms with E-state index in [-0.39, 0.29) is 5.97 Å². The molecule has 0 N–H and O–H groups in total. The molecule has 0 radical (unpaired) electrons. The molecule has 29 heavy (non-hydrogen) atoms. The summed E-state index contributed by atoms with van der Waals surface area (Å²) < 4.78 is 4.98. The van der Waals surface area contributed by atoms with Crippen LogP contribution in [0.15, 0.2) is 78.9 Å². The van der Waals surface area contributed by atoms with E-state index >= 15 is 0 Å². The van der Waals surface area contributed by atoms with E-state index in [9.17, 15) is 4.79 Å². The molecule has 0 aromatic heterocycles. The lowest BCUT2D eigenvalue weighted by Crippen LogP contribution is -2.25. The fourth-order valence-electron chi connectivity index (χ4n) is 3.39. The van der Waals surface area contributed by atoms with Crippen molar-refractivity contribution in [2.24, 2.45) is 5.92 Å². The Bertz CT molecular complexity index is 880. The minimum atomic E-state index is -0.752. The third-order valence-electron chi connectivity index (χ3n) is 4.99. The first-order chi connectivity index (χ1) is 14.1. The van der Waals surface area contributed by atoms with Crippen LogP contribution in [-0.2, 0) is 22.4 Å². The second-order valence-corrected chi connectivity index (χ2v) is 9.84. The highest BCUT2D eigenvalue weighted by atomic mass is 31.1. The zero-order chi connectivity index (χ0) is 20.6. The maximum absolute atomic E-state index is 12.1. The van der Waals surface area contributed by atoms with Crippen molar-refractivity contribution in [1.29, 1.82) is 0 Å². The minimum Gasteiger partial charge on any atom is -0.469 e. The zero-order valence-electron chi connectivity index (χ0n) is 17.5. The molecule has 2 nitrogen and oxygen atoms in total. The van der Waals surface area contributed by atoms with Crippen LogP contribution in [0.3, 0.4) is 0 Å². The van der Waals surface area contributed by atoms with Gasteiger partial charge in [0.15, 0.2) is 0 Å². The smallest absolute Gasteiger partial charge is 0.310 e. The van der Waals surface area contributed by atoms with Crippen LogP contribution in [0.5, 0.6) is 0 Å². The summed E-state index contributed by atoms with van der Waals surface area (Å²) >= 11 is 0. The molecule has 150 valence electrons. The van der Waals surface area contributed by atoms with Gasteiger partial charge in [0.2, 0.25) is 0 Å². The second kappa shape index (κ2) is 10.4. The van der Waals surface area contributed by atoms with Crippen molar-refractivity contribution in [3.05, 3.63) is 90.0 Å². The van der Waals surface area contributed by atoms with Gasteiger partial charge in [-0.25, -0.2) is 0 Å². The summed E-state index contributed by atoms with van der Waals surface area (Å²) in [6.07, 6.45) is 2.51. The fourth-order valence-corrected chi connectivity index (χ4v) is 5.92. The van der Waals surface area contributed by atoms with Crippen molar-refractivity contribution >= 4 is 29.8 Å². The number of hydrogen-bond donors (Lipinski definition) is 0. The van der Waals surface area contributed by atoms with Gasteiger partial charge < -0.3 is 4.74 Å². The number of carbonyl (C=O) groups excluding carboxylic acids is 1. The van der Waals surface area contributed by atoms with Crippen LogP contribution in [0.25, 0.3) is 0 Å². The van der Waals surface area contributed by atoms with Gasteiger partial charge in [0, 0.05) is 0 Å². The quantitative estimate of drug-likeness (QED) is 0.400. The van der Waals surface area contributed by atoms with Crippen LogP contribution in [0.1, 0.15) is 31.4 Å². The molecule has 0 atom stereocenters. The molecule has 0 aliphatic carbocycles. The van der Waals surface area contributed by atoms with Crippen molar-refractivity contribution in [3.8, 4) is 0 Å². The summed E-state index contributed by atoms with van der Waals surface area (Å²) in [5.41, 5.74) is 2.39. The van der Waals surface area contributed by atoms with E-state index in [1.54, 1.807) is 0 Å². The Morgan fingerprint density at radius 2 is 1.48 bits per heavy atom. The highest BCUT2D eigenvalue weighted by molar-refractivity contribution is 7.79. The molecule has 0 bridgehead atoms. The van der Waals surface area contributed by atoms with E-state index in [2.05, 4.69) is 92.7 Å². The van der Waals surface area contributed by atoms with Crippen molar-refractivity contribution in [1.82, 2.24) is 0 Å². The second-order valence-electron chi connectivity index (χ2n) is 7.66. The first kappa shape index (κ1) is 21.3. The molecular formula is C26H29O2P. The highest BCUT2D eigenvalue weighted by Gasteiger charge is 2.21. The van der Waals surface area contributed by atoms with Crippen molar-refractivity contribution < 1.29 is 9.53 Å². The van der Waals surface area contributed by atoms with Gasteiger partial charge >= 0.3 is 5.97 Å². The molecule has 3 heteroatoms. The topological polar surface area (TPSA) is 26.3 Å². The largest absolute Gasteiger partial charge is 0.469 e. The summed E-state index contributed by atoms with van der Waals surface area (Å²) in [4.78, 5) is 12.1. The SMILES string of the molecule is COC(=O)Cc1ccc(CCC(C)C)cc1P(c1ccccc1)c1ccccc1. The normalized spacial score (nSPS) is 11.1. The van der Waals surface area contributed by atoms with E-state index in [1.807, 2.05) is 0 Å². The number of esters is 1. The average molecular weight is 404 g/mol. The van der Waals surface area contributed by atoms with Crippen LogP contribution in [0.2, 0.25) is 0 Å². The molecule has 0 saturated heterocycles. The zero-order valence-corrected chi connectivity index (χ0v) is 18.4. The van der Waals surface area contributed by atoms with Crippen molar-refractivity contribution in [3.63, 3.8) is 0 Å². The van der Waals surface area contributed by atoms with Gasteiger partial charge in [-0.2, -0.15) is 0 Å². The van der Waals surface area contributed by atoms with Crippen LogP contribution < -0.4 is 15.9 Å². The fraction of sp³-hybridized carbons (Fsp3) is 0.269. The predicted molar refractivity (Wildman–Crippen MR) is 124 cm³/mol. The predicted octanol–water partition coefficient (Wildman–Crippen LogP) is 4.75. The molecule has 0 heterocycles. The molecule has 0 spiro atoms. The number of methoxy groups -OCH3 is 1. The number of rotatable bonds is 8.